The van der Waals surface area contributed by atoms with Crippen molar-refractivity contribution < 1.29 is 33.4 Å². The van der Waals surface area contributed by atoms with Gasteiger partial charge >= 0.3 is 11.9 Å². The molecule has 0 spiro atoms. The van der Waals surface area contributed by atoms with Gasteiger partial charge in [-0.15, -0.1) is 0 Å². The van der Waals surface area contributed by atoms with Gasteiger partial charge in [0.25, 0.3) is 0 Å². The van der Waals surface area contributed by atoms with Crippen LogP contribution in [-0.4, -0.2) is 23.5 Å². The van der Waals surface area contributed by atoms with Crippen LogP contribution < -0.4 is 4.74 Å². The lowest BCUT2D eigenvalue weighted by Gasteiger charge is -2.18. The number of benzene rings is 6. The Bertz CT molecular complexity index is 1980. The second-order valence-electron chi connectivity index (χ2n) is 11.3. The van der Waals surface area contributed by atoms with Crippen LogP contribution in [-0.2, 0) is 9.47 Å². The van der Waals surface area contributed by atoms with Crippen LogP contribution >= 0.6 is 23.2 Å². The molecule has 0 radical (unpaired) electrons. The van der Waals surface area contributed by atoms with Gasteiger partial charge in [0.15, 0.2) is 12.2 Å². The number of ketones is 2. The monoisotopic (exact) mass is 714 g/mol. The molecule has 0 saturated heterocycles. The molecule has 6 aromatic rings. The van der Waals surface area contributed by atoms with E-state index in [0.29, 0.717) is 43.8 Å². The summed E-state index contributed by atoms with van der Waals surface area (Å²) in [7, 11) is 0. The van der Waals surface area contributed by atoms with E-state index in [1.807, 2.05) is 0 Å². The van der Waals surface area contributed by atoms with E-state index in [1.54, 1.807) is 133 Å². The molecule has 0 aliphatic rings. The van der Waals surface area contributed by atoms with E-state index >= 15 is 0 Å². The Hall–Kier alpha value is -6.02. The maximum Gasteiger partial charge on any atom is 0.339 e. The van der Waals surface area contributed by atoms with E-state index in [-0.39, 0.29) is 22.7 Å². The molecular weight excluding hydrogens is 687 g/mol. The molecule has 0 fully saturated rings. The van der Waals surface area contributed by atoms with Crippen molar-refractivity contribution in [3.63, 3.8) is 0 Å². The van der Waals surface area contributed by atoms with Gasteiger partial charge in [-0.2, -0.15) is 0 Å². The molecule has 9 heteroatoms. The first kappa shape index (κ1) is 34.8. The largest absolute Gasteiger partial charge is 0.457 e. The number of hydrogen-bond acceptors (Lipinski definition) is 7. The Morgan fingerprint density at radius 3 is 1.06 bits per heavy atom. The van der Waals surface area contributed by atoms with E-state index < -0.39 is 24.1 Å². The van der Waals surface area contributed by atoms with Crippen molar-refractivity contribution in [3.8, 4) is 11.5 Å². The van der Waals surface area contributed by atoms with E-state index in [0.717, 1.165) is 0 Å². The van der Waals surface area contributed by atoms with E-state index in [4.69, 9.17) is 37.4 Å². The Kier molecular flexibility index (Phi) is 11.0. The van der Waals surface area contributed by atoms with Gasteiger partial charge in [0, 0.05) is 32.3 Å². The summed E-state index contributed by atoms with van der Waals surface area (Å²) in [6, 6.07) is 42.7. The van der Waals surface area contributed by atoms with Gasteiger partial charge in [-0.3, -0.25) is 9.59 Å². The van der Waals surface area contributed by atoms with Crippen molar-refractivity contribution >= 4 is 46.7 Å². The van der Waals surface area contributed by atoms with Gasteiger partial charge in [0.1, 0.15) is 11.5 Å². The predicted molar refractivity (Wildman–Crippen MR) is 194 cm³/mol. The number of carbonyl (C=O) groups excluding carboxylic acids is 4. The lowest BCUT2D eigenvalue weighted by atomic mass is 9.99. The molecule has 0 unspecified atom stereocenters. The Morgan fingerprint density at radius 2 is 0.725 bits per heavy atom. The summed E-state index contributed by atoms with van der Waals surface area (Å²) in [5, 5.41) is 0.971. The number of halogens is 2. The molecule has 6 aromatic carbocycles. The molecule has 51 heavy (non-hydrogen) atoms. The van der Waals surface area contributed by atoms with E-state index in [2.05, 4.69) is 0 Å². The third kappa shape index (κ3) is 8.78. The zero-order valence-electron chi connectivity index (χ0n) is 26.8. The third-order valence-corrected chi connectivity index (χ3v) is 8.31. The predicted octanol–water partition coefficient (Wildman–Crippen LogP) is 10.3. The summed E-state index contributed by atoms with van der Waals surface area (Å²) in [6.45, 7) is 0. The van der Waals surface area contributed by atoms with Crippen molar-refractivity contribution in [2.24, 2.45) is 0 Å². The summed E-state index contributed by atoms with van der Waals surface area (Å²) in [6.07, 6.45) is -2.37. The molecule has 0 amide bonds. The molecule has 0 aromatic heterocycles. The standard InChI is InChI=1S/C42H28Cl2O7/c43-33-19-11-29(12-20-33)39(37(45)27-7-3-1-4-8-27)50-41(47)31-15-23-35(24-16-31)49-36-25-17-32(18-26-36)42(48)51-40(30-13-21-34(44)22-14-30)38(46)28-9-5-2-6-10-28/h1-26,39-40H/t39-,40+. The highest BCUT2D eigenvalue weighted by Gasteiger charge is 2.28. The van der Waals surface area contributed by atoms with Gasteiger partial charge in [-0.25, -0.2) is 9.59 Å². The molecule has 2 atom stereocenters. The van der Waals surface area contributed by atoms with Gasteiger partial charge in [0.2, 0.25) is 11.6 Å². The second-order valence-corrected chi connectivity index (χ2v) is 12.2. The fourth-order valence-corrected chi connectivity index (χ4v) is 5.38. The fraction of sp³-hybridized carbons (Fsp3) is 0.0476. The van der Waals surface area contributed by atoms with Crippen LogP contribution in [0.4, 0.5) is 0 Å². The summed E-state index contributed by atoms with van der Waals surface area (Å²) < 4.78 is 17.4. The molecule has 6 rings (SSSR count). The maximum absolute atomic E-state index is 13.4. The fourth-order valence-electron chi connectivity index (χ4n) is 5.13. The highest BCUT2D eigenvalue weighted by Crippen LogP contribution is 2.29. The topological polar surface area (TPSA) is 96.0 Å². The minimum absolute atomic E-state index is 0.209. The minimum atomic E-state index is -1.18. The zero-order chi connectivity index (χ0) is 35.7. The van der Waals surface area contributed by atoms with Crippen LogP contribution in [0.5, 0.6) is 11.5 Å². The van der Waals surface area contributed by atoms with Crippen LogP contribution in [0, 0.1) is 0 Å². The quantitative estimate of drug-likeness (QED) is 0.0919. The molecule has 252 valence electrons. The van der Waals surface area contributed by atoms with Gasteiger partial charge in [-0.05, 0) is 72.8 Å². The van der Waals surface area contributed by atoms with Crippen LogP contribution in [0.1, 0.15) is 64.8 Å². The molecule has 0 aliphatic carbocycles. The van der Waals surface area contributed by atoms with Crippen molar-refractivity contribution in [1.29, 1.82) is 0 Å². The van der Waals surface area contributed by atoms with Crippen LogP contribution in [0.25, 0.3) is 0 Å². The normalized spacial score (nSPS) is 11.9. The maximum atomic E-state index is 13.4. The zero-order valence-corrected chi connectivity index (χ0v) is 28.3. The number of Topliss-reactive ketones (excluding diaryl/α,β-unsaturated/α-hetero) is 2. The summed E-state index contributed by atoms with van der Waals surface area (Å²) >= 11 is 12.1. The first-order valence-corrected chi connectivity index (χ1v) is 16.5. The lowest BCUT2D eigenvalue weighted by Crippen LogP contribution is -2.20. The van der Waals surface area contributed by atoms with E-state index in [1.165, 1.54) is 24.3 Å². The van der Waals surface area contributed by atoms with Crippen molar-refractivity contribution in [1.82, 2.24) is 0 Å². The highest BCUT2D eigenvalue weighted by molar-refractivity contribution is 6.30. The molecule has 0 heterocycles. The van der Waals surface area contributed by atoms with Crippen molar-refractivity contribution in [2.75, 3.05) is 0 Å². The summed E-state index contributed by atoms with van der Waals surface area (Å²) in [5.41, 5.74) is 2.18. The summed E-state index contributed by atoms with van der Waals surface area (Å²) in [4.78, 5) is 53.1. The third-order valence-electron chi connectivity index (χ3n) is 7.80. The molecule has 0 saturated carbocycles. The number of ether oxygens (including phenoxy) is 3. The van der Waals surface area contributed by atoms with Gasteiger partial charge in [-0.1, -0.05) is 108 Å². The van der Waals surface area contributed by atoms with Crippen molar-refractivity contribution in [2.45, 2.75) is 12.2 Å². The SMILES string of the molecule is O=C(O[C@H](C(=O)c1ccccc1)c1ccc(Cl)cc1)c1ccc(Oc2ccc(C(=O)O[C@@H](C(=O)c3ccccc3)c3ccc(Cl)cc3)cc2)cc1. The molecule has 0 bridgehead atoms. The highest BCUT2D eigenvalue weighted by atomic mass is 35.5. The Labute approximate surface area is 303 Å². The van der Waals surface area contributed by atoms with Gasteiger partial charge < -0.3 is 14.2 Å². The molecular formula is C42H28Cl2O7. The summed E-state index contributed by atoms with van der Waals surface area (Å²) in [5.74, 6) is -1.32. The Balaban J connectivity index is 1.12. The molecule has 0 N–H and O–H groups in total. The first-order chi connectivity index (χ1) is 24.7. The number of rotatable bonds is 12. The lowest BCUT2D eigenvalue weighted by molar-refractivity contribution is 0.0278. The molecule has 0 aliphatic heterocycles. The molecule has 7 nitrogen and oxygen atoms in total. The van der Waals surface area contributed by atoms with Crippen LogP contribution in [0.2, 0.25) is 10.0 Å². The van der Waals surface area contributed by atoms with Crippen LogP contribution in [0.3, 0.4) is 0 Å². The van der Waals surface area contributed by atoms with Crippen molar-refractivity contribution in [3.05, 3.63) is 201 Å². The number of hydrogen-bond donors (Lipinski definition) is 0. The number of esters is 2. The smallest absolute Gasteiger partial charge is 0.339 e. The Morgan fingerprint density at radius 1 is 0.392 bits per heavy atom. The first-order valence-electron chi connectivity index (χ1n) is 15.7. The minimum Gasteiger partial charge on any atom is -0.457 e. The van der Waals surface area contributed by atoms with Gasteiger partial charge in [0.05, 0.1) is 11.1 Å². The average molecular weight is 716 g/mol. The number of carbonyl (C=O) groups is 4. The second kappa shape index (κ2) is 16.1. The average Bonchev–Trinajstić information content (AvgIpc) is 3.17. The van der Waals surface area contributed by atoms with E-state index in [9.17, 15) is 19.2 Å². The van der Waals surface area contributed by atoms with Crippen LogP contribution in [0.15, 0.2) is 158 Å².